The lowest BCUT2D eigenvalue weighted by Gasteiger charge is -2.58. The van der Waals surface area contributed by atoms with Gasteiger partial charge in [0.1, 0.15) is 0 Å². The number of fused-ring (bicyclic) bond motifs is 5. The molecule has 0 amide bonds. The molecule has 4 heteroatoms. The van der Waals surface area contributed by atoms with Gasteiger partial charge in [-0.3, -0.25) is 0 Å². The van der Waals surface area contributed by atoms with Gasteiger partial charge in [-0.1, -0.05) is 25.5 Å². The van der Waals surface area contributed by atoms with E-state index < -0.39 is 6.10 Å². The summed E-state index contributed by atoms with van der Waals surface area (Å²) < 4.78 is 2.32. The van der Waals surface area contributed by atoms with Crippen molar-refractivity contribution in [3.8, 4) is 0 Å². The van der Waals surface area contributed by atoms with Gasteiger partial charge in [-0.25, -0.2) is 4.98 Å². The van der Waals surface area contributed by atoms with E-state index in [0.717, 1.165) is 18.8 Å². The van der Waals surface area contributed by atoms with E-state index in [2.05, 4.69) is 35.7 Å². The van der Waals surface area contributed by atoms with Gasteiger partial charge in [0.25, 0.3) is 0 Å². The van der Waals surface area contributed by atoms with E-state index in [1.54, 1.807) is 0 Å². The maximum atomic E-state index is 11.0. The number of aliphatic hydroxyl groups is 2. The zero-order chi connectivity index (χ0) is 18.1. The second kappa shape index (κ2) is 5.68. The van der Waals surface area contributed by atoms with Crippen LogP contribution in [0.1, 0.15) is 64.8 Å². The van der Waals surface area contributed by atoms with Gasteiger partial charge in [-0.15, -0.1) is 0 Å². The van der Waals surface area contributed by atoms with Gasteiger partial charge in [-0.05, 0) is 61.7 Å². The molecule has 4 nitrogen and oxygen atoms in total. The molecule has 4 aliphatic carbocycles. The molecule has 1 aromatic heterocycles. The molecule has 8 atom stereocenters. The highest BCUT2D eigenvalue weighted by molar-refractivity contribution is 5.27. The molecule has 142 valence electrons. The molecule has 0 radical (unpaired) electrons. The Bertz CT molecular complexity index is 714. The summed E-state index contributed by atoms with van der Waals surface area (Å²) in [6.45, 7) is 4.80. The summed E-state index contributed by atoms with van der Waals surface area (Å²) in [5.41, 5.74) is 1.62. The third-order valence-electron chi connectivity index (χ3n) is 8.87. The maximum Gasteiger partial charge on any atom is 0.0948 e. The third-order valence-corrected chi connectivity index (χ3v) is 8.87. The van der Waals surface area contributed by atoms with Gasteiger partial charge < -0.3 is 14.8 Å². The van der Waals surface area contributed by atoms with Gasteiger partial charge in [0.15, 0.2) is 0 Å². The lowest BCUT2D eigenvalue weighted by atomic mass is 9.47. The maximum absolute atomic E-state index is 11.0. The Morgan fingerprint density at radius 1 is 1.19 bits per heavy atom. The number of rotatable bonds is 1. The summed E-state index contributed by atoms with van der Waals surface area (Å²) >= 11 is 0. The Labute approximate surface area is 156 Å². The minimum atomic E-state index is -0.402. The second-order valence-corrected chi connectivity index (χ2v) is 10.0. The fourth-order valence-corrected chi connectivity index (χ4v) is 7.44. The first-order valence-corrected chi connectivity index (χ1v) is 10.4. The summed E-state index contributed by atoms with van der Waals surface area (Å²) in [4.78, 5) is 4.27. The number of nitrogens with zero attached hydrogens (tertiary/aromatic N) is 2. The fraction of sp³-hybridized carbons (Fsp3) is 0.773. The topological polar surface area (TPSA) is 58.3 Å². The molecule has 4 aliphatic rings. The van der Waals surface area contributed by atoms with E-state index in [0.29, 0.717) is 29.7 Å². The summed E-state index contributed by atoms with van der Waals surface area (Å²) in [5, 5.41) is 21.1. The second-order valence-electron chi connectivity index (χ2n) is 10.0. The third kappa shape index (κ3) is 2.24. The van der Waals surface area contributed by atoms with Gasteiger partial charge in [0, 0.05) is 30.3 Å². The van der Waals surface area contributed by atoms with Crippen LogP contribution in [-0.4, -0.2) is 32.0 Å². The molecular weight excluding hydrogens is 324 g/mol. The molecule has 0 saturated heterocycles. The standard InChI is InChI=1S/C22H32N2O2/c1-21-6-5-18-17(19(21)10-15(12-21)24-8-7-23-13-24)4-3-14-9-16(25)11-20(26)22(14,18)2/h3,7-8,13,15-20,25-26H,4-6,9-12H2,1-2H3/t15?,16?,17-,18-,19+,20?,21-,22+/m1/s1. The van der Waals surface area contributed by atoms with Crippen molar-refractivity contribution in [1.29, 1.82) is 0 Å². The van der Waals surface area contributed by atoms with Crippen molar-refractivity contribution < 1.29 is 10.2 Å². The molecule has 0 aliphatic heterocycles. The molecule has 0 spiro atoms. The molecule has 0 aromatic carbocycles. The van der Waals surface area contributed by atoms with Crippen molar-refractivity contribution in [1.82, 2.24) is 9.55 Å². The number of aromatic nitrogens is 2. The van der Waals surface area contributed by atoms with Gasteiger partial charge in [-0.2, -0.15) is 0 Å². The van der Waals surface area contributed by atoms with E-state index >= 15 is 0 Å². The van der Waals surface area contributed by atoms with Crippen LogP contribution in [0, 0.1) is 28.6 Å². The van der Waals surface area contributed by atoms with E-state index in [1.807, 2.05) is 12.5 Å². The first-order chi connectivity index (χ1) is 12.4. The highest BCUT2D eigenvalue weighted by Gasteiger charge is 2.59. The van der Waals surface area contributed by atoms with Crippen LogP contribution in [0.25, 0.3) is 0 Å². The molecule has 1 heterocycles. The van der Waals surface area contributed by atoms with Gasteiger partial charge in [0.05, 0.1) is 18.5 Å². The number of hydrogen-bond acceptors (Lipinski definition) is 3. The van der Waals surface area contributed by atoms with E-state index in [9.17, 15) is 10.2 Å². The fourth-order valence-electron chi connectivity index (χ4n) is 7.44. The Morgan fingerprint density at radius 3 is 2.81 bits per heavy atom. The largest absolute Gasteiger partial charge is 0.393 e. The average Bonchev–Trinajstić information content (AvgIpc) is 3.23. The molecule has 3 unspecified atom stereocenters. The summed E-state index contributed by atoms with van der Waals surface area (Å²) in [7, 11) is 0. The van der Waals surface area contributed by atoms with E-state index in [-0.39, 0.29) is 11.5 Å². The van der Waals surface area contributed by atoms with Crippen LogP contribution in [0.4, 0.5) is 0 Å². The molecule has 2 N–H and O–H groups in total. The number of hydrogen-bond donors (Lipinski definition) is 2. The first kappa shape index (κ1) is 17.0. The van der Waals surface area contributed by atoms with E-state index in [1.165, 1.54) is 31.3 Å². The van der Waals surface area contributed by atoms with Crippen molar-refractivity contribution in [2.45, 2.75) is 77.0 Å². The van der Waals surface area contributed by atoms with Crippen LogP contribution < -0.4 is 0 Å². The smallest absolute Gasteiger partial charge is 0.0948 e. The SMILES string of the molecule is C[C@]12CC[C@@H]3[C@@H](CC=C4CC(O)CC(O)[C@@]43C)[C@@H]1CC(n1ccnc1)C2. The van der Waals surface area contributed by atoms with Crippen molar-refractivity contribution in [2.75, 3.05) is 0 Å². The number of aliphatic hydroxyl groups excluding tert-OH is 2. The molecule has 1 aromatic rings. The van der Waals surface area contributed by atoms with Crippen LogP contribution in [0.5, 0.6) is 0 Å². The van der Waals surface area contributed by atoms with Crippen LogP contribution in [0.2, 0.25) is 0 Å². The zero-order valence-electron chi connectivity index (χ0n) is 16.0. The summed E-state index contributed by atoms with van der Waals surface area (Å²) in [6, 6.07) is 0.572. The van der Waals surface area contributed by atoms with Crippen molar-refractivity contribution in [3.05, 3.63) is 30.4 Å². The lowest BCUT2D eigenvalue weighted by molar-refractivity contribution is -0.0992. The predicted octanol–water partition coefficient (Wildman–Crippen LogP) is 3.72. The minimum absolute atomic E-state index is 0.128. The van der Waals surface area contributed by atoms with Crippen LogP contribution in [-0.2, 0) is 0 Å². The normalized spacial score (nSPS) is 50.5. The first-order valence-electron chi connectivity index (χ1n) is 10.4. The van der Waals surface area contributed by atoms with Gasteiger partial charge in [0.2, 0.25) is 0 Å². The molecule has 26 heavy (non-hydrogen) atoms. The molecule has 5 rings (SSSR count). The van der Waals surface area contributed by atoms with Crippen LogP contribution >= 0.6 is 0 Å². The molecule has 3 saturated carbocycles. The minimum Gasteiger partial charge on any atom is -0.393 e. The zero-order valence-corrected chi connectivity index (χ0v) is 16.0. The lowest BCUT2D eigenvalue weighted by Crippen LogP contribution is -2.54. The number of allylic oxidation sites excluding steroid dienone is 1. The van der Waals surface area contributed by atoms with Crippen molar-refractivity contribution in [2.24, 2.45) is 28.6 Å². The Balaban J connectivity index is 1.48. The molecule has 0 bridgehead atoms. The quantitative estimate of drug-likeness (QED) is 0.754. The summed E-state index contributed by atoms with van der Waals surface area (Å²) in [6.07, 6.45) is 15.0. The van der Waals surface area contributed by atoms with Crippen molar-refractivity contribution in [3.63, 3.8) is 0 Å². The monoisotopic (exact) mass is 356 g/mol. The summed E-state index contributed by atoms with van der Waals surface area (Å²) in [5.74, 6) is 1.95. The average molecular weight is 357 g/mol. The van der Waals surface area contributed by atoms with Gasteiger partial charge >= 0.3 is 0 Å². The highest BCUT2D eigenvalue weighted by atomic mass is 16.3. The van der Waals surface area contributed by atoms with Crippen LogP contribution in [0.15, 0.2) is 30.4 Å². The Hall–Kier alpha value is -1.13. The highest BCUT2D eigenvalue weighted by Crippen LogP contribution is 2.66. The number of imidazole rings is 1. The predicted molar refractivity (Wildman–Crippen MR) is 100 cm³/mol. The molecular formula is C22H32N2O2. The molecule has 3 fully saturated rings. The van der Waals surface area contributed by atoms with Crippen molar-refractivity contribution >= 4 is 0 Å². The van der Waals surface area contributed by atoms with E-state index in [4.69, 9.17) is 0 Å². The van der Waals surface area contributed by atoms with Crippen LogP contribution in [0.3, 0.4) is 0 Å². The Kier molecular flexibility index (Phi) is 3.72. The Morgan fingerprint density at radius 2 is 2.04 bits per heavy atom.